The van der Waals surface area contributed by atoms with Gasteiger partial charge in [0.25, 0.3) is 11.8 Å². The van der Waals surface area contributed by atoms with E-state index >= 15 is 0 Å². The number of nitrogens with one attached hydrogen (secondary N) is 2. The second-order valence-electron chi connectivity index (χ2n) is 10.4. The van der Waals surface area contributed by atoms with Gasteiger partial charge in [-0.3, -0.25) is 14.5 Å². The Balaban J connectivity index is 1.34. The van der Waals surface area contributed by atoms with Crippen LogP contribution in [0.5, 0.6) is 0 Å². The monoisotopic (exact) mass is 583 g/mol. The molecule has 1 aliphatic heterocycles. The average molecular weight is 585 g/mol. The Morgan fingerprint density at radius 1 is 0.875 bits per heavy atom. The molecule has 1 aromatic heterocycles. The third kappa shape index (κ3) is 8.17. The summed E-state index contributed by atoms with van der Waals surface area (Å²) < 4.78 is 5.46. The van der Waals surface area contributed by atoms with Gasteiger partial charge in [0.15, 0.2) is 0 Å². The van der Waals surface area contributed by atoms with Gasteiger partial charge in [-0.25, -0.2) is 9.78 Å². The Kier molecular flexibility index (Phi) is 9.29. The van der Waals surface area contributed by atoms with E-state index < -0.39 is 11.5 Å². The molecule has 1 aliphatic rings. The van der Waals surface area contributed by atoms with E-state index in [1.807, 2.05) is 32.9 Å². The molecule has 1 saturated heterocycles. The third-order valence-corrected chi connectivity index (χ3v) is 6.55. The van der Waals surface area contributed by atoms with Crippen LogP contribution in [0.2, 0.25) is 10.0 Å². The van der Waals surface area contributed by atoms with Crippen molar-refractivity contribution in [2.45, 2.75) is 32.9 Å². The van der Waals surface area contributed by atoms with Crippen LogP contribution in [0.1, 0.15) is 47.1 Å². The molecule has 9 nitrogen and oxygen atoms in total. The fraction of sp³-hybridized carbons (Fsp3) is 0.310. The number of anilines is 2. The summed E-state index contributed by atoms with van der Waals surface area (Å²) in [7, 11) is 0. The van der Waals surface area contributed by atoms with Crippen molar-refractivity contribution in [3.63, 3.8) is 0 Å². The fourth-order valence-electron chi connectivity index (χ4n) is 4.08. The standard InChI is InChI=1S/C29H31Cl2N5O4/c1-29(2,3)40-28(39)36-14-12-35(13-15-36)18-19-4-6-20(7-5-19)26(37)33-24-10-8-21(30)16-23(24)27(38)34-25-11-9-22(31)17-32-25/h4-11,16-17H,12-15,18H2,1-3H3,(H,33,37)(H,32,34,38). The highest BCUT2D eigenvalue weighted by Gasteiger charge is 2.26. The molecule has 0 radical (unpaired) electrons. The molecule has 11 heteroatoms. The first-order valence-corrected chi connectivity index (χ1v) is 13.6. The van der Waals surface area contributed by atoms with Crippen LogP contribution in [0.3, 0.4) is 0 Å². The van der Waals surface area contributed by atoms with Crippen molar-refractivity contribution in [1.29, 1.82) is 0 Å². The number of carbonyl (C=O) groups is 3. The van der Waals surface area contributed by atoms with Crippen molar-refractivity contribution in [2.75, 3.05) is 36.8 Å². The highest BCUT2D eigenvalue weighted by Crippen LogP contribution is 2.23. The number of hydrogen-bond acceptors (Lipinski definition) is 6. The second-order valence-corrected chi connectivity index (χ2v) is 11.3. The zero-order valence-electron chi connectivity index (χ0n) is 22.5. The summed E-state index contributed by atoms with van der Waals surface area (Å²) in [6, 6.07) is 15.1. The number of aromatic nitrogens is 1. The number of halogens is 2. The van der Waals surface area contributed by atoms with E-state index in [0.717, 1.165) is 18.7 Å². The number of nitrogens with zero attached hydrogens (tertiary/aromatic N) is 3. The highest BCUT2D eigenvalue weighted by molar-refractivity contribution is 6.31. The summed E-state index contributed by atoms with van der Waals surface area (Å²) >= 11 is 12.0. The average Bonchev–Trinajstić information content (AvgIpc) is 2.90. The summed E-state index contributed by atoms with van der Waals surface area (Å²) in [5, 5.41) is 6.28. The largest absolute Gasteiger partial charge is 0.444 e. The summed E-state index contributed by atoms with van der Waals surface area (Å²) in [5.41, 5.74) is 1.48. The summed E-state index contributed by atoms with van der Waals surface area (Å²) in [4.78, 5) is 46.3. The first-order valence-electron chi connectivity index (χ1n) is 12.8. The van der Waals surface area contributed by atoms with E-state index in [1.54, 1.807) is 41.3 Å². The minimum absolute atomic E-state index is 0.194. The highest BCUT2D eigenvalue weighted by atomic mass is 35.5. The summed E-state index contributed by atoms with van der Waals surface area (Å²) in [5.74, 6) is -0.526. The Hall–Kier alpha value is -3.66. The predicted molar refractivity (Wildman–Crippen MR) is 156 cm³/mol. The lowest BCUT2D eigenvalue weighted by Gasteiger charge is -2.35. The Labute approximate surface area is 243 Å². The molecule has 3 amide bonds. The topological polar surface area (TPSA) is 104 Å². The van der Waals surface area contributed by atoms with Gasteiger partial charge in [-0.15, -0.1) is 0 Å². The van der Waals surface area contributed by atoms with Gasteiger partial charge < -0.3 is 20.3 Å². The molecule has 1 fully saturated rings. The molecule has 2 aromatic carbocycles. The van der Waals surface area contributed by atoms with Crippen molar-refractivity contribution in [2.24, 2.45) is 0 Å². The molecule has 4 rings (SSSR count). The van der Waals surface area contributed by atoms with Gasteiger partial charge in [0.05, 0.1) is 16.3 Å². The Morgan fingerprint density at radius 3 is 2.17 bits per heavy atom. The number of ether oxygens (including phenoxy) is 1. The number of benzene rings is 2. The van der Waals surface area contributed by atoms with Gasteiger partial charge in [-0.05, 0) is 68.8 Å². The summed E-state index contributed by atoms with van der Waals surface area (Å²) in [6.07, 6.45) is 1.14. The van der Waals surface area contributed by atoms with Crippen molar-refractivity contribution in [3.8, 4) is 0 Å². The van der Waals surface area contributed by atoms with Crippen molar-refractivity contribution >= 4 is 52.6 Å². The minimum atomic E-state index is -0.515. The lowest BCUT2D eigenvalue weighted by atomic mass is 10.1. The zero-order valence-corrected chi connectivity index (χ0v) is 24.1. The van der Waals surface area contributed by atoms with E-state index in [1.165, 1.54) is 12.3 Å². The molecular weight excluding hydrogens is 553 g/mol. The maximum atomic E-state index is 13.0. The van der Waals surface area contributed by atoms with Gasteiger partial charge in [0.1, 0.15) is 11.4 Å². The van der Waals surface area contributed by atoms with Crippen LogP contribution in [0.25, 0.3) is 0 Å². The van der Waals surface area contributed by atoms with E-state index in [-0.39, 0.29) is 17.6 Å². The SMILES string of the molecule is CC(C)(C)OC(=O)N1CCN(Cc2ccc(C(=O)Nc3ccc(Cl)cc3C(=O)Nc3ccc(Cl)cn3)cc2)CC1. The normalized spacial score (nSPS) is 14.0. The van der Waals surface area contributed by atoms with Crippen LogP contribution >= 0.6 is 23.2 Å². The molecule has 210 valence electrons. The van der Waals surface area contributed by atoms with Crippen LogP contribution in [0.15, 0.2) is 60.8 Å². The van der Waals surface area contributed by atoms with E-state index in [4.69, 9.17) is 27.9 Å². The van der Waals surface area contributed by atoms with Crippen LogP contribution in [-0.4, -0.2) is 64.5 Å². The molecule has 0 saturated carbocycles. The van der Waals surface area contributed by atoms with Gasteiger partial charge in [0.2, 0.25) is 0 Å². The lowest BCUT2D eigenvalue weighted by molar-refractivity contribution is 0.0139. The predicted octanol–water partition coefficient (Wildman–Crippen LogP) is 5.95. The zero-order chi connectivity index (χ0) is 28.9. The molecule has 0 atom stereocenters. The van der Waals surface area contributed by atoms with E-state index in [0.29, 0.717) is 46.7 Å². The quantitative estimate of drug-likeness (QED) is 0.372. The van der Waals surface area contributed by atoms with E-state index in [9.17, 15) is 14.4 Å². The Bertz CT molecular complexity index is 1370. The number of hydrogen-bond donors (Lipinski definition) is 2. The molecule has 2 N–H and O–H groups in total. The lowest BCUT2D eigenvalue weighted by Crippen LogP contribution is -2.49. The molecule has 3 aromatic rings. The summed E-state index contributed by atoms with van der Waals surface area (Å²) in [6.45, 7) is 8.93. The smallest absolute Gasteiger partial charge is 0.410 e. The van der Waals surface area contributed by atoms with Crippen LogP contribution in [0.4, 0.5) is 16.3 Å². The van der Waals surface area contributed by atoms with Gasteiger partial charge in [-0.2, -0.15) is 0 Å². The minimum Gasteiger partial charge on any atom is -0.444 e. The number of pyridine rings is 1. The van der Waals surface area contributed by atoms with Crippen molar-refractivity contribution in [1.82, 2.24) is 14.8 Å². The first kappa shape index (κ1) is 29.3. The number of rotatable bonds is 6. The maximum absolute atomic E-state index is 13.0. The van der Waals surface area contributed by atoms with Gasteiger partial charge in [0, 0.05) is 49.5 Å². The number of piperazine rings is 1. The molecule has 0 aliphatic carbocycles. The maximum Gasteiger partial charge on any atom is 0.410 e. The number of carbonyl (C=O) groups excluding carboxylic acids is 3. The molecular formula is C29H31Cl2N5O4. The molecule has 0 spiro atoms. The van der Waals surface area contributed by atoms with Crippen molar-refractivity contribution in [3.05, 3.63) is 87.5 Å². The van der Waals surface area contributed by atoms with Crippen LogP contribution in [0, 0.1) is 0 Å². The van der Waals surface area contributed by atoms with Crippen LogP contribution < -0.4 is 10.6 Å². The van der Waals surface area contributed by atoms with Crippen molar-refractivity contribution < 1.29 is 19.1 Å². The molecule has 0 unspecified atom stereocenters. The molecule has 2 heterocycles. The Morgan fingerprint density at radius 2 is 1.55 bits per heavy atom. The van der Waals surface area contributed by atoms with Crippen LogP contribution in [-0.2, 0) is 11.3 Å². The fourth-order valence-corrected chi connectivity index (χ4v) is 4.36. The molecule has 0 bridgehead atoms. The third-order valence-electron chi connectivity index (χ3n) is 6.09. The van der Waals surface area contributed by atoms with E-state index in [2.05, 4.69) is 20.5 Å². The number of amides is 3. The molecule has 40 heavy (non-hydrogen) atoms. The second kappa shape index (κ2) is 12.7. The van der Waals surface area contributed by atoms with Gasteiger partial charge >= 0.3 is 6.09 Å². The first-order chi connectivity index (χ1) is 19.0. The van der Waals surface area contributed by atoms with Gasteiger partial charge in [-0.1, -0.05) is 35.3 Å².